The average Bonchev–Trinajstić information content (AvgIpc) is 2.97. The predicted octanol–water partition coefficient (Wildman–Crippen LogP) is 3.32. The Morgan fingerprint density at radius 1 is 1.12 bits per heavy atom. The number of rotatable bonds is 7. The Balaban J connectivity index is 1.95. The van der Waals surface area contributed by atoms with E-state index >= 15 is 0 Å². The van der Waals surface area contributed by atoms with Crippen molar-refractivity contribution in [2.75, 3.05) is 12.0 Å². The summed E-state index contributed by atoms with van der Waals surface area (Å²) in [7, 11) is 0. The van der Waals surface area contributed by atoms with Crippen LogP contribution in [0.2, 0.25) is 0 Å². The fourth-order valence-corrected chi connectivity index (χ4v) is 4.98. The van der Waals surface area contributed by atoms with Crippen molar-refractivity contribution in [2.45, 2.75) is 56.7 Å². The number of esters is 1. The number of amides is 3. The lowest BCUT2D eigenvalue weighted by Gasteiger charge is -2.22. The van der Waals surface area contributed by atoms with Crippen LogP contribution in [0.1, 0.15) is 48.4 Å². The van der Waals surface area contributed by atoms with Crippen molar-refractivity contribution in [2.24, 2.45) is 0 Å². The molecule has 2 aromatic rings. The molecule has 3 rings (SSSR count). The van der Waals surface area contributed by atoms with Gasteiger partial charge in [-0.3, -0.25) is 19.2 Å². The monoisotopic (exact) mass is 610 g/mol. The van der Waals surface area contributed by atoms with Crippen LogP contribution in [0.5, 0.6) is 0 Å². The zero-order valence-corrected chi connectivity index (χ0v) is 25.3. The molecule has 0 aliphatic carbocycles. The number of nitrogens with one attached hydrogen (secondary N) is 3. The Morgan fingerprint density at radius 2 is 1.88 bits per heavy atom. The van der Waals surface area contributed by atoms with Crippen molar-refractivity contribution >= 4 is 52.3 Å². The van der Waals surface area contributed by atoms with Gasteiger partial charge < -0.3 is 20.7 Å². The molecule has 0 fully saturated rings. The first-order valence-corrected chi connectivity index (χ1v) is 15.5. The van der Waals surface area contributed by atoms with Crippen molar-refractivity contribution in [3.8, 4) is 0 Å². The van der Waals surface area contributed by atoms with E-state index in [1.54, 1.807) is 31.2 Å². The number of benzene rings is 1. The zero-order valence-electron chi connectivity index (χ0n) is 23.7. The molecule has 1 aliphatic heterocycles. The SMILES string of the molecule is C/C=C1\NC(=O)c2cc(SC)cc(n2)CNC(=O)C[C@@H](/C=C/CCSC(C)=O)OC(=O)[C@H](Cc2ccccc2)NC1=O. The summed E-state index contributed by atoms with van der Waals surface area (Å²) in [4.78, 5) is 69.1. The Bertz CT molecular complexity index is 1360. The average molecular weight is 611 g/mol. The number of hydrogen-bond donors (Lipinski definition) is 3. The van der Waals surface area contributed by atoms with Crippen molar-refractivity contribution in [3.63, 3.8) is 0 Å². The Kier molecular flexibility index (Phi) is 12.8. The summed E-state index contributed by atoms with van der Waals surface area (Å²) in [6.45, 7) is 3.12. The van der Waals surface area contributed by atoms with Gasteiger partial charge in [0.1, 0.15) is 23.5 Å². The van der Waals surface area contributed by atoms with E-state index in [0.29, 0.717) is 17.9 Å². The molecule has 12 heteroatoms. The number of cyclic esters (lactones) is 1. The van der Waals surface area contributed by atoms with Crippen molar-refractivity contribution in [1.29, 1.82) is 0 Å². The normalized spacial score (nSPS) is 19.6. The highest BCUT2D eigenvalue weighted by molar-refractivity contribution is 8.13. The van der Waals surface area contributed by atoms with E-state index in [-0.39, 0.29) is 35.9 Å². The molecule has 3 N–H and O–H groups in total. The second-order valence-electron chi connectivity index (χ2n) is 9.27. The first-order valence-electron chi connectivity index (χ1n) is 13.3. The highest BCUT2D eigenvalue weighted by atomic mass is 32.2. The highest BCUT2D eigenvalue weighted by Gasteiger charge is 2.28. The molecule has 0 saturated carbocycles. The molecule has 1 aromatic carbocycles. The van der Waals surface area contributed by atoms with Gasteiger partial charge in [-0.05, 0) is 43.4 Å². The van der Waals surface area contributed by atoms with Crippen LogP contribution in [0, 0.1) is 0 Å². The smallest absolute Gasteiger partial charge is 0.329 e. The third-order valence-corrected chi connectivity index (χ3v) is 7.59. The van der Waals surface area contributed by atoms with Crippen LogP contribution in [0.4, 0.5) is 0 Å². The third kappa shape index (κ3) is 10.5. The molecule has 10 nitrogen and oxygen atoms in total. The summed E-state index contributed by atoms with van der Waals surface area (Å²) in [5.74, 6) is -1.88. The molecule has 1 aliphatic rings. The number of nitrogens with zero attached hydrogens (tertiary/aromatic N) is 1. The predicted molar refractivity (Wildman–Crippen MR) is 163 cm³/mol. The largest absolute Gasteiger partial charge is 0.456 e. The van der Waals surface area contributed by atoms with Gasteiger partial charge in [0.15, 0.2) is 5.12 Å². The maximum Gasteiger partial charge on any atom is 0.329 e. The first kappa shape index (κ1) is 32.6. The molecular formula is C30H34N4O6S2. The zero-order chi connectivity index (χ0) is 30.5. The molecule has 0 unspecified atom stereocenters. The molecule has 2 heterocycles. The number of fused-ring (bicyclic) bond motifs is 2. The summed E-state index contributed by atoms with van der Waals surface area (Å²) in [5, 5.41) is 8.05. The second kappa shape index (κ2) is 16.5. The van der Waals surface area contributed by atoms with E-state index in [9.17, 15) is 24.0 Å². The van der Waals surface area contributed by atoms with Crippen LogP contribution in [-0.2, 0) is 36.9 Å². The lowest BCUT2D eigenvalue weighted by molar-refractivity contribution is -0.151. The van der Waals surface area contributed by atoms with E-state index in [0.717, 1.165) is 10.5 Å². The van der Waals surface area contributed by atoms with Gasteiger partial charge in [0, 0.05) is 24.0 Å². The van der Waals surface area contributed by atoms with Crippen molar-refractivity contribution in [3.05, 3.63) is 83.3 Å². The Labute approximate surface area is 253 Å². The van der Waals surface area contributed by atoms with Crippen LogP contribution in [0.3, 0.4) is 0 Å². The fraction of sp³-hybridized carbons (Fsp3) is 0.333. The lowest BCUT2D eigenvalue weighted by Crippen LogP contribution is -2.47. The maximum absolute atomic E-state index is 13.4. The van der Waals surface area contributed by atoms with Crippen molar-refractivity contribution < 1.29 is 28.7 Å². The molecule has 0 radical (unpaired) electrons. The Hall–Kier alpha value is -3.90. The van der Waals surface area contributed by atoms with E-state index in [1.165, 1.54) is 36.5 Å². The number of aromatic nitrogens is 1. The fourth-order valence-electron chi connectivity index (χ4n) is 3.95. The summed E-state index contributed by atoms with van der Waals surface area (Å²) in [5.41, 5.74) is 1.25. The Morgan fingerprint density at radius 3 is 2.57 bits per heavy atom. The van der Waals surface area contributed by atoms with Crippen LogP contribution < -0.4 is 16.0 Å². The molecule has 42 heavy (non-hydrogen) atoms. The van der Waals surface area contributed by atoms with Gasteiger partial charge >= 0.3 is 5.97 Å². The third-order valence-electron chi connectivity index (χ3n) is 6.04. The van der Waals surface area contributed by atoms with Gasteiger partial charge in [0.05, 0.1) is 18.7 Å². The molecule has 0 saturated heterocycles. The standard InChI is InChI=1S/C30H34N4O6S2/c1-4-24-28(37)34-26(14-20-10-6-5-7-11-20)30(39)40-22(12-8-9-13-42-19(2)35)16-27(36)31-18-21-15-23(41-3)17-25(32-21)29(38)33-24/h4-8,10-12,15,17,22,26H,9,13-14,16,18H2,1-3H3,(H,31,36)(H,33,38)(H,34,37)/b12-8+,24-4-/t22-,26+/m1/s1. The van der Waals surface area contributed by atoms with Gasteiger partial charge in [-0.15, -0.1) is 11.8 Å². The second-order valence-corrected chi connectivity index (χ2v) is 11.4. The van der Waals surface area contributed by atoms with Crippen LogP contribution in [0.25, 0.3) is 0 Å². The van der Waals surface area contributed by atoms with Gasteiger partial charge in [0.2, 0.25) is 5.91 Å². The van der Waals surface area contributed by atoms with E-state index in [1.807, 2.05) is 36.6 Å². The lowest BCUT2D eigenvalue weighted by atomic mass is 10.1. The molecule has 0 spiro atoms. The minimum absolute atomic E-state index is 0.00240. The molecule has 1 aromatic heterocycles. The minimum Gasteiger partial charge on any atom is -0.456 e. The number of hydrogen-bond acceptors (Lipinski definition) is 9. The summed E-state index contributed by atoms with van der Waals surface area (Å²) in [6, 6.07) is 11.3. The van der Waals surface area contributed by atoms with Crippen LogP contribution in [0.15, 0.2) is 71.3 Å². The van der Waals surface area contributed by atoms with Gasteiger partial charge in [0.25, 0.3) is 11.8 Å². The van der Waals surface area contributed by atoms with Crippen molar-refractivity contribution in [1.82, 2.24) is 20.9 Å². The number of pyridine rings is 1. The molecule has 3 amide bonds. The van der Waals surface area contributed by atoms with Gasteiger partial charge in [-0.2, -0.15) is 0 Å². The van der Waals surface area contributed by atoms with Crippen LogP contribution in [-0.4, -0.2) is 57.9 Å². The van der Waals surface area contributed by atoms with E-state index in [2.05, 4.69) is 20.9 Å². The number of allylic oxidation sites excluding steroid dienone is 2. The van der Waals surface area contributed by atoms with Gasteiger partial charge in [-0.25, -0.2) is 9.78 Å². The molecular weight excluding hydrogens is 576 g/mol. The summed E-state index contributed by atoms with van der Waals surface area (Å²) < 4.78 is 5.75. The number of thioether (sulfide) groups is 2. The summed E-state index contributed by atoms with van der Waals surface area (Å²) >= 11 is 2.58. The summed E-state index contributed by atoms with van der Waals surface area (Å²) in [6.07, 6.45) is 6.21. The van der Waals surface area contributed by atoms with E-state index in [4.69, 9.17) is 4.74 Å². The van der Waals surface area contributed by atoms with Crippen LogP contribution >= 0.6 is 23.5 Å². The highest BCUT2D eigenvalue weighted by Crippen LogP contribution is 2.18. The van der Waals surface area contributed by atoms with Gasteiger partial charge in [-0.1, -0.05) is 54.2 Å². The number of carbonyl (C=O) groups is 5. The molecule has 222 valence electrons. The number of ether oxygens (including phenoxy) is 1. The quantitative estimate of drug-likeness (QED) is 0.141. The van der Waals surface area contributed by atoms with E-state index < -0.39 is 35.8 Å². The minimum atomic E-state index is -1.11. The molecule has 2 atom stereocenters. The first-order chi connectivity index (χ1) is 20.2. The topological polar surface area (TPSA) is 144 Å². The molecule has 2 bridgehead atoms. The maximum atomic E-state index is 13.4. The number of carbonyl (C=O) groups excluding carboxylic acids is 5.